The van der Waals surface area contributed by atoms with Crippen molar-refractivity contribution in [3.05, 3.63) is 77.5 Å². The van der Waals surface area contributed by atoms with Gasteiger partial charge in [-0.2, -0.15) is 0 Å². The van der Waals surface area contributed by atoms with Crippen molar-refractivity contribution in [2.24, 2.45) is 0 Å². The minimum atomic E-state index is 1.09. The third-order valence-corrected chi connectivity index (χ3v) is 5.57. The van der Waals surface area contributed by atoms with Gasteiger partial charge in [-0.3, -0.25) is 4.90 Å². The van der Waals surface area contributed by atoms with Gasteiger partial charge in [0.25, 0.3) is 0 Å². The highest BCUT2D eigenvalue weighted by Gasteiger charge is 2.12. The second kappa shape index (κ2) is 7.92. The Kier molecular flexibility index (Phi) is 5.21. The van der Waals surface area contributed by atoms with Crippen LogP contribution in [0.25, 0.3) is 16.5 Å². The topological polar surface area (TPSA) is 19.0 Å². The smallest absolute Gasteiger partial charge is 0.0456 e. The third-order valence-electron chi connectivity index (χ3n) is 5.57. The highest BCUT2D eigenvalue weighted by Crippen LogP contribution is 2.23. The molecule has 0 amide bonds. The van der Waals surface area contributed by atoms with Crippen molar-refractivity contribution in [3.63, 3.8) is 0 Å². The summed E-state index contributed by atoms with van der Waals surface area (Å²) < 4.78 is 0. The van der Waals surface area contributed by atoms with Crippen molar-refractivity contribution in [2.75, 3.05) is 19.6 Å². The lowest BCUT2D eigenvalue weighted by Gasteiger charge is -2.26. The van der Waals surface area contributed by atoms with Gasteiger partial charge in [0, 0.05) is 30.2 Å². The molecule has 26 heavy (non-hydrogen) atoms. The zero-order valence-corrected chi connectivity index (χ0v) is 15.7. The molecule has 0 atom stereocenters. The van der Waals surface area contributed by atoms with Crippen LogP contribution in [0.3, 0.4) is 0 Å². The van der Waals surface area contributed by atoms with E-state index in [2.05, 4.69) is 71.4 Å². The van der Waals surface area contributed by atoms with Crippen LogP contribution in [0, 0.1) is 6.92 Å². The molecule has 0 spiro atoms. The molecule has 0 saturated carbocycles. The molecule has 0 fully saturated rings. The first-order valence-corrected chi connectivity index (χ1v) is 9.83. The number of aromatic nitrogens is 1. The van der Waals surface area contributed by atoms with Crippen LogP contribution < -0.4 is 0 Å². The van der Waals surface area contributed by atoms with Crippen molar-refractivity contribution in [1.29, 1.82) is 0 Å². The Hall–Kier alpha value is -2.32. The Labute approximate surface area is 156 Å². The van der Waals surface area contributed by atoms with Crippen LogP contribution in [0.2, 0.25) is 0 Å². The summed E-state index contributed by atoms with van der Waals surface area (Å²) >= 11 is 0. The quantitative estimate of drug-likeness (QED) is 0.578. The van der Waals surface area contributed by atoms with Gasteiger partial charge in [0.05, 0.1) is 0 Å². The summed E-state index contributed by atoms with van der Waals surface area (Å²) in [5.41, 5.74) is 6.98. The van der Waals surface area contributed by atoms with Gasteiger partial charge in [-0.1, -0.05) is 48.0 Å². The molecule has 2 heteroatoms. The number of aromatic amines is 1. The van der Waals surface area contributed by atoms with Crippen LogP contribution >= 0.6 is 0 Å². The van der Waals surface area contributed by atoms with E-state index >= 15 is 0 Å². The predicted octanol–water partition coefficient (Wildman–Crippen LogP) is 5.59. The van der Waals surface area contributed by atoms with E-state index in [1.807, 2.05) is 6.20 Å². The van der Waals surface area contributed by atoms with Crippen molar-refractivity contribution < 1.29 is 0 Å². The molecule has 4 rings (SSSR count). The van der Waals surface area contributed by atoms with Gasteiger partial charge in [-0.25, -0.2) is 0 Å². The molecular formula is C24H28N2. The first-order valence-electron chi connectivity index (χ1n) is 9.83. The van der Waals surface area contributed by atoms with Gasteiger partial charge < -0.3 is 4.98 Å². The van der Waals surface area contributed by atoms with Gasteiger partial charge in [0.15, 0.2) is 0 Å². The first-order chi connectivity index (χ1) is 12.8. The molecular weight excluding hydrogens is 316 g/mol. The maximum Gasteiger partial charge on any atom is 0.0456 e. The number of H-pyrrole nitrogens is 1. The molecule has 134 valence electrons. The van der Waals surface area contributed by atoms with Gasteiger partial charge in [-0.05, 0) is 68.0 Å². The number of aryl methyl sites for hydroxylation is 2. The van der Waals surface area contributed by atoms with Crippen molar-refractivity contribution in [3.8, 4) is 0 Å². The molecule has 0 unspecified atom stereocenters. The van der Waals surface area contributed by atoms with Gasteiger partial charge in [-0.15, -0.1) is 0 Å². The molecule has 0 bridgehead atoms. The average molecular weight is 345 g/mol. The molecule has 1 N–H and O–H groups in total. The Morgan fingerprint density at radius 1 is 1.00 bits per heavy atom. The number of benzene rings is 2. The fourth-order valence-corrected chi connectivity index (χ4v) is 3.96. The van der Waals surface area contributed by atoms with Crippen LogP contribution in [-0.4, -0.2) is 29.5 Å². The molecule has 0 saturated heterocycles. The van der Waals surface area contributed by atoms with E-state index < -0.39 is 0 Å². The van der Waals surface area contributed by atoms with Crippen molar-refractivity contribution in [1.82, 2.24) is 9.88 Å². The summed E-state index contributed by atoms with van der Waals surface area (Å²) in [6, 6.07) is 17.7. The lowest BCUT2D eigenvalue weighted by atomic mass is 9.98. The summed E-state index contributed by atoms with van der Waals surface area (Å²) in [7, 11) is 0. The summed E-state index contributed by atoms with van der Waals surface area (Å²) in [4.78, 5) is 5.90. The normalized spacial score (nSPS) is 15.3. The molecule has 0 aliphatic carbocycles. The number of nitrogens with one attached hydrogen (secondary N) is 1. The van der Waals surface area contributed by atoms with E-state index in [-0.39, 0.29) is 0 Å². The van der Waals surface area contributed by atoms with Crippen LogP contribution in [-0.2, 0) is 6.42 Å². The van der Waals surface area contributed by atoms with Crippen LogP contribution in [0.1, 0.15) is 36.0 Å². The molecule has 3 aromatic rings. The zero-order valence-electron chi connectivity index (χ0n) is 15.7. The zero-order chi connectivity index (χ0) is 17.8. The van der Waals surface area contributed by atoms with E-state index in [0.717, 1.165) is 6.54 Å². The summed E-state index contributed by atoms with van der Waals surface area (Å²) in [6.45, 7) is 5.64. The minimum absolute atomic E-state index is 1.09. The van der Waals surface area contributed by atoms with Crippen LogP contribution in [0.5, 0.6) is 0 Å². The van der Waals surface area contributed by atoms with Gasteiger partial charge >= 0.3 is 0 Å². The first kappa shape index (κ1) is 17.1. The van der Waals surface area contributed by atoms with Gasteiger partial charge in [0.1, 0.15) is 0 Å². The summed E-state index contributed by atoms with van der Waals surface area (Å²) in [5.74, 6) is 0. The van der Waals surface area contributed by atoms with E-state index in [0.29, 0.717) is 0 Å². The van der Waals surface area contributed by atoms with E-state index in [9.17, 15) is 0 Å². The average Bonchev–Trinajstić information content (AvgIpc) is 3.16. The third kappa shape index (κ3) is 3.91. The second-order valence-corrected chi connectivity index (χ2v) is 7.46. The summed E-state index contributed by atoms with van der Waals surface area (Å²) in [6.07, 6.45) is 9.34. The van der Waals surface area contributed by atoms with Crippen molar-refractivity contribution >= 4 is 16.5 Å². The fraction of sp³-hybridized carbons (Fsp3) is 0.333. The standard InChI is InChI=1S/C24H28N2/c1-19-8-10-20(11-9-19)21-13-17-26(18-14-21)16-3-2-5-22-6-4-7-24-23(22)12-15-25-24/h4,6-13,15,25H,2-3,5,14,16-18H2,1H3. The number of unbranched alkanes of at least 4 members (excludes halogenated alkanes) is 1. The van der Waals surface area contributed by atoms with Crippen LogP contribution in [0.15, 0.2) is 60.8 Å². The highest BCUT2D eigenvalue weighted by molar-refractivity contribution is 5.82. The number of hydrogen-bond acceptors (Lipinski definition) is 1. The predicted molar refractivity (Wildman–Crippen MR) is 111 cm³/mol. The Bertz CT molecular complexity index is 886. The number of hydrogen-bond donors (Lipinski definition) is 1. The molecule has 2 aromatic carbocycles. The van der Waals surface area contributed by atoms with Crippen LogP contribution in [0.4, 0.5) is 0 Å². The molecule has 1 aliphatic rings. The number of nitrogens with zero attached hydrogens (tertiary/aromatic N) is 1. The maximum absolute atomic E-state index is 3.31. The summed E-state index contributed by atoms with van der Waals surface area (Å²) in [5, 5.41) is 1.39. The largest absolute Gasteiger partial charge is 0.361 e. The Balaban J connectivity index is 1.25. The fourth-order valence-electron chi connectivity index (χ4n) is 3.96. The second-order valence-electron chi connectivity index (χ2n) is 7.46. The molecule has 2 heterocycles. The van der Waals surface area contributed by atoms with E-state index in [4.69, 9.17) is 0 Å². The number of fused-ring (bicyclic) bond motifs is 1. The Morgan fingerprint density at radius 3 is 2.69 bits per heavy atom. The monoisotopic (exact) mass is 344 g/mol. The van der Waals surface area contributed by atoms with E-state index in [1.165, 1.54) is 71.9 Å². The lowest BCUT2D eigenvalue weighted by Crippen LogP contribution is -2.29. The lowest BCUT2D eigenvalue weighted by molar-refractivity contribution is 0.295. The minimum Gasteiger partial charge on any atom is -0.361 e. The highest BCUT2D eigenvalue weighted by atomic mass is 15.1. The molecule has 1 aliphatic heterocycles. The molecule has 1 aromatic heterocycles. The van der Waals surface area contributed by atoms with Gasteiger partial charge in [0.2, 0.25) is 0 Å². The SMILES string of the molecule is Cc1ccc(C2=CCN(CCCCc3cccc4[nH]ccc34)CC2)cc1. The Morgan fingerprint density at radius 2 is 1.88 bits per heavy atom. The van der Waals surface area contributed by atoms with Crippen molar-refractivity contribution in [2.45, 2.75) is 32.6 Å². The number of rotatable bonds is 6. The molecule has 2 nitrogen and oxygen atoms in total. The molecule has 0 radical (unpaired) electrons. The maximum atomic E-state index is 3.31. The van der Waals surface area contributed by atoms with E-state index in [1.54, 1.807) is 0 Å².